The summed E-state index contributed by atoms with van der Waals surface area (Å²) in [6, 6.07) is 7.98. The van der Waals surface area contributed by atoms with Crippen LogP contribution in [0.15, 0.2) is 28.7 Å². The highest BCUT2D eigenvalue weighted by molar-refractivity contribution is 9.10. The number of ether oxygens (including phenoxy) is 1. The Morgan fingerprint density at radius 1 is 1.47 bits per heavy atom. The summed E-state index contributed by atoms with van der Waals surface area (Å²) in [6.07, 6.45) is 0.509. The van der Waals surface area contributed by atoms with Gasteiger partial charge in [0.15, 0.2) is 0 Å². The highest BCUT2D eigenvalue weighted by Gasteiger charge is 2.08. The number of benzene rings is 1. The average molecular weight is 272 g/mol. The Bertz CT molecular complexity index is 341. The van der Waals surface area contributed by atoms with Gasteiger partial charge in [0.1, 0.15) is 0 Å². The van der Waals surface area contributed by atoms with Gasteiger partial charge in [-0.1, -0.05) is 34.1 Å². The number of likely N-dealkylation sites (N-methyl/N-ethyl adjacent to an activating group) is 1. The molecular formula is C11H14BrNO2. The Kier molecular flexibility index (Phi) is 4.62. The molecule has 15 heavy (non-hydrogen) atoms. The van der Waals surface area contributed by atoms with Gasteiger partial charge in [-0.2, -0.15) is 0 Å². The van der Waals surface area contributed by atoms with Crippen LogP contribution in [0.3, 0.4) is 0 Å². The highest BCUT2D eigenvalue weighted by atomic mass is 79.9. The average Bonchev–Trinajstić information content (AvgIpc) is 2.26. The summed E-state index contributed by atoms with van der Waals surface area (Å²) in [5.41, 5.74) is 1.19. The second-order valence-electron chi connectivity index (χ2n) is 3.23. The van der Waals surface area contributed by atoms with E-state index in [4.69, 9.17) is 0 Å². The van der Waals surface area contributed by atoms with Gasteiger partial charge >= 0.3 is 6.09 Å². The summed E-state index contributed by atoms with van der Waals surface area (Å²) < 4.78 is 5.68. The Labute approximate surface area is 98.2 Å². The van der Waals surface area contributed by atoms with Crippen molar-refractivity contribution in [2.45, 2.75) is 6.42 Å². The summed E-state index contributed by atoms with van der Waals surface area (Å²) in [6.45, 7) is 0.648. The number of rotatable bonds is 3. The lowest BCUT2D eigenvalue weighted by molar-refractivity contribution is 0.134. The molecule has 1 amide bonds. The van der Waals surface area contributed by atoms with Crippen LogP contribution in [-0.2, 0) is 11.2 Å². The molecule has 0 aliphatic rings. The molecule has 0 N–H and O–H groups in total. The third-order valence-electron chi connectivity index (χ3n) is 2.16. The number of carbonyl (C=O) groups is 1. The summed E-state index contributed by atoms with van der Waals surface area (Å²) in [5, 5.41) is 0. The van der Waals surface area contributed by atoms with Crippen LogP contribution in [-0.4, -0.2) is 31.7 Å². The molecule has 0 aromatic heterocycles. The number of halogens is 1. The molecule has 3 nitrogen and oxygen atoms in total. The van der Waals surface area contributed by atoms with Gasteiger partial charge in [0, 0.05) is 18.1 Å². The fourth-order valence-electron chi connectivity index (χ4n) is 1.24. The van der Waals surface area contributed by atoms with Crippen molar-refractivity contribution >= 4 is 22.0 Å². The molecule has 0 radical (unpaired) electrons. The second kappa shape index (κ2) is 5.75. The molecule has 0 atom stereocenters. The summed E-state index contributed by atoms with van der Waals surface area (Å²) in [4.78, 5) is 12.7. The van der Waals surface area contributed by atoms with Crippen LogP contribution in [0.2, 0.25) is 0 Å². The first-order valence-corrected chi connectivity index (χ1v) is 5.47. The molecular weight excluding hydrogens is 258 g/mol. The van der Waals surface area contributed by atoms with Gasteiger partial charge in [-0.05, 0) is 18.1 Å². The normalized spacial score (nSPS) is 9.80. The van der Waals surface area contributed by atoms with Gasteiger partial charge < -0.3 is 9.64 Å². The van der Waals surface area contributed by atoms with Crippen molar-refractivity contribution in [1.82, 2.24) is 4.90 Å². The zero-order chi connectivity index (χ0) is 11.3. The van der Waals surface area contributed by atoms with E-state index in [1.807, 2.05) is 24.3 Å². The van der Waals surface area contributed by atoms with E-state index in [9.17, 15) is 4.79 Å². The Hall–Kier alpha value is -1.03. The Balaban J connectivity index is 2.50. The van der Waals surface area contributed by atoms with Crippen LogP contribution in [0.4, 0.5) is 4.79 Å². The molecule has 0 fully saturated rings. The third kappa shape index (κ3) is 3.55. The van der Waals surface area contributed by atoms with E-state index < -0.39 is 0 Å². The molecule has 0 bridgehead atoms. The summed E-state index contributed by atoms with van der Waals surface area (Å²) >= 11 is 3.47. The molecule has 1 aromatic rings. The molecule has 4 heteroatoms. The maximum atomic E-state index is 11.1. The van der Waals surface area contributed by atoms with Crippen molar-refractivity contribution in [1.29, 1.82) is 0 Å². The van der Waals surface area contributed by atoms with E-state index in [0.29, 0.717) is 6.54 Å². The van der Waals surface area contributed by atoms with Crippen LogP contribution in [0.5, 0.6) is 0 Å². The summed E-state index contributed by atoms with van der Waals surface area (Å²) in [7, 11) is 3.11. The SMILES string of the molecule is COC(=O)N(C)CCc1ccccc1Br. The lowest BCUT2D eigenvalue weighted by Crippen LogP contribution is -2.28. The standard InChI is InChI=1S/C11H14BrNO2/c1-13(11(14)15-2)8-7-9-5-3-4-6-10(9)12/h3-6H,7-8H2,1-2H3. The van der Waals surface area contributed by atoms with Gasteiger partial charge in [-0.15, -0.1) is 0 Å². The molecule has 0 heterocycles. The maximum Gasteiger partial charge on any atom is 0.409 e. The van der Waals surface area contributed by atoms with Crippen LogP contribution < -0.4 is 0 Å². The second-order valence-corrected chi connectivity index (χ2v) is 4.09. The van der Waals surface area contributed by atoms with Crippen molar-refractivity contribution < 1.29 is 9.53 Å². The van der Waals surface area contributed by atoms with E-state index in [1.54, 1.807) is 11.9 Å². The van der Waals surface area contributed by atoms with Crippen LogP contribution in [0.25, 0.3) is 0 Å². The molecule has 0 unspecified atom stereocenters. The van der Waals surface area contributed by atoms with E-state index in [1.165, 1.54) is 12.7 Å². The minimum Gasteiger partial charge on any atom is -0.453 e. The zero-order valence-electron chi connectivity index (χ0n) is 8.87. The van der Waals surface area contributed by atoms with Crippen molar-refractivity contribution in [2.75, 3.05) is 20.7 Å². The molecule has 0 aliphatic carbocycles. The quantitative estimate of drug-likeness (QED) is 0.846. The van der Waals surface area contributed by atoms with Gasteiger partial charge in [0.25, 0.3) is 0 Å². The van der Waals surface area contributed by atoms with Gasteiger partial charge in [-0.3, -0.25) is 0 Å². The lowest BCUT2D eigenvalue weighted by atomic mass is 10.1. The van der Waals surface area contributed by atoms with Gasteiger partial charge in [0.2, 0.25) is 0 Å². The van der Waals surface area contributed by atoms with Gasteiger partial charge in [0.05, 0.1) is 7.11 Å². The molecule has 82 valence electrons. The third-order valence-corrected chi connectivity index (χ3v) is 2.93. The van der Waals surface area contributed by atoms with Crippen molar-refractivity contribution in [3.8, 4) is 0 Å². The van der Waals surface area contributed by atoms with E-state index in [0.717, 1.165) is 10.9 Å². The van der Waals surface area contributed by atoms with Crippen molar-refractivity contribution in [3.63, 3.8) is 0 Å². The first-order valence-electron chi connectivity index (χ1n) is 4.67. The molecule has 1 aromatic carbocycles. The van der Waals surface area contributed by atoms with E-state index in [2.05, 4.69) is 20.7 Å². The van der Waals surface area contributed by atoms with Crippen molar-refractivity contribution in [2.24, 2.45) is 0 Å². The molecule has 0 saturated heterocycles. The zero-order valence-corrected chi connectivity index (χ0v) is 10.5. The predicted octanol–water partition coefficient (Wildman–Crippen LogP) is 2.69. The Morgan fingerprint density at radius 3 is 2.73 bits per heavy atom. The number of hydrogen-bond donors (Lipinski definition) is 0. The smallest absolute Gasteiger partial charge is 0.409 e. The predicted molar refractivity (Wildman–Crippen MR) is 62.9 cm³/mol. The minimum absolute atomic E-state index is 0.304. The summed E-state index contributed by atoms with van der Waals surface area (Å²) in [5.74, 6) is 0. The lowest BCUT2D eigenvalue weighted by Gasteiger charge is -2.15. The van der Waals surface area contributed by atoms with E-state index in [-0.39, 0.29) is 6.09 Å². The van der Waals surface area contributed by atoms with Crippen LogP contribution in [0.1, 0.15) is 5.56 Å². The molecule has 0 saturated carbocycles. The number of hydrogen-bond acceptors (Lipinski definition) is 2. The monoisotopic (exact) mass is 271 g/mol. The molecule has 0 spiro atoms. The highest BCUT2D eigenvalue weighted by Crippen LogP contribution is 2.16. The van der Waals surface area contributed by atoms with Gasteiger partial charge in [-0.25, -0.2) is 4.79 Å². The first-order chi connectivity index (χ1) is 7.15. The number of amides is 1. The molecule has 1 rings (SSSR count). The van der Waals surface area contributed by atoms with Crippen LogP contribution in [0, 0.1) is 0 Å². The fraction of sp³-hybridized carbons (Fsp3) is 0.364. The fourth-order valence-corrected chi connectivity index (χ4v) is 1.72. The molecule has 0 aliphatic heterocycles. The van der Waals surface area contributed by atoms with E-state index >= 15 is 0 Å². The maximum absolute atomic E-state index is 11.1. The topological polar surface area (TPSA) is 29.5 Å². The van der Waals surface area contributed by atoms with Crippen LogP contribution >= 0.6 is 15.9 Å². The Morgan fingerprint density at radius 2 is 2.13 bits per heavy atom. The number of nitrogens with zero attached hydrogens (tertiary/aromatic N) is 1. The number of carbonyl (C=O) groups excluding carboxylic acids is 1. The number of methoxy groups -OCH3 is 1. The minimum atomic E-state index is -0.304. The largest absolute Gasteiger partial charge is 0.453 e. The first kappa shape index (κ1) is 12.0. The van der Waals surface area contributed by atoms with Crippen molar-refractivity contribution in [3.05, 3.63) is 34.3 Å².